The van der Waals surface area contributed by atoms with Gasteiger partial charge in [-0.15, -0.1) is 0 Å². The number of urea groups is 1. The molecule has 0 bridgehead atoms. The Labute approximate surface area is 184 Å². The normalized spacial score (nSPS) is 20.0. The fraction of sp³-hybridized carbons (Fsp3) is 0.308. The summed E-state index contributed by atoms with van der Waals surface area (Å²) in [6.07, 6.45) is 4.93. The first kappa shape index (κ1) is 21.1. The molecule has 2 unspecified atom stereocenters. The van der Waals surface area contributed by atoms with Gasteiger partial charge in [0.2, 0.25) is 0 Å². The molecule has 2 heterocycles. The van der Waals surface area contributed by atoms with Gasteiger partial charge >= 0.3 is 6.03 Å². The van der Waals surface area contributed by atoms with E-state index in [1.807, 2.05) is 53.4 Å². The van der Waals surface area contributed by atoms with E-state index in [9.17, 15) is 9.90 Å². The highest BCUT2D eigenvalue weighted by molar-refractivity contribution is 5.77. The van der Waals surface area contributed by atoms with Gasteiger partial charge in [0.05, 0.1) is 11.6 Å². The second-order valence-corrected chi connectivity index (χ2v) is 8.20. The van der Waals surface area contributed by atoms with Gasteiger partial charge in [-0.2, -0.15) is 0 Å². The van der Waals surface area contributed by atoms with E-state index < -0.39 is 5.54 Å². The molecule has 5 heteroatoms. The van der Waals surface area contributed by atoms with Crippen LogP contribution in [0.3, 0.4) is 0 Å². The molecule has 4 rings (SSSR count). The minimum atomic E-state index is -0.479. The largest absolute Gasteiger partial charge is 0.396 e. The molecule has 0 saturated carbocycles. The van der Waals surface area contributed by atoms with Gasteiger partial charge in [-0.25, -0.2) is 4.79 Å². The van der Waals surface area contributed by atoms with Gasteiger partial charge in [0.25, 0.3) is 0 Å². The standard InChI is InChI=1S/C26H29N3O2/c1-20(21-10-12-22(13-11-21)23-7-6-16-27-19-23)29-17-14-26(15-18-30,28(2)25(29)31)24-8-4-3-5-9-24/h3-13,16,19-20,30H,14-15,17-18H2,1-2H3. The lowest BCUT2D eigenvalue weighted by Gasteiger charge is -2.50. The quantitative estimate of drug-likeness (QED) is 0.626. The highest BCUT2D eigenvalue weighted by Gasteiger charge is 2.45. The van der Waals surface area contributed by atoms with Crippen LogP contribution in [0.25, 0.3) is 11.1 Å². The molecule has 5 nitrogen and oxygen atoms in total. The van der Waals surface area contributed by atoms with Crippen LogP contribution in [0.15, 0.2) is 79.1 Å². The van der Waals surface area contributed by atoms with Crippen molar-refractivity contribution in [3.05, 3.63) is 90.3 Å². The molecule has 2 atom stereocenters. The molecule has 0 aliphatic carbocycles. The summed E-state index contributed by atoms with van der Waals surface area (Å²) in [5.41, 5.74) is 3.88. The molecular formula is C26H29N3O2. The lowest BCUT2D eigenvalue weighted by atomic mass is 9.80. The van der Waals surface area contributed by atoms with Gasteiger partial charge in [0, 0.05) is 32.6 Å². The van der Waals surface area contributed by atoms with E-state index in [2.05, 4.69) is 48.3 Å². The number of aliphatic hydroxyl groups is 1. The fourth-order valence-corrected chi connectivity index (χ4v) is 4.68. The molecule has 160 valence electrons. The average molecular weight is 416 g/mol. The van der Waals surface area contributed by atoms with Gasteiger partial charge in [0.1, 0.15) is 0 Å². The predicted octanol–water partition coefficient (Wildman–Crippen LogP) is 4.85. The molecule has 1 saturated heterocycles. The number of aliphatic hydroxyl groups excluding tert-OH is 1. The predicted molar refractivity (Wildman–Crippen MR) is 122 cm³/mol. The number of amides is 2. The summed E-state index contributed by atoms with van der Waals surface area (Å²) in [7, 11) is 1.86. The third kappa shape index (κ3) is 3.93. The molecule has 3 aromatic rings. The molecule has 0 spiro atoms. The van der Waals surface area contributed by atoms with Crippen molar-refractivity contribution in [1.29, 1.82) is 0 Å². The number of pyridine rings is 1. The van der Waals surface area contributed by atoms with Crippen LogP contribution in [0, 0.1) is 0 Å². The Balaban J connectivity index is 1.56. The van der Waals surface area contributed by atoms with Crippen molar-refractivity contribution in [2.24, 2.45) is 0 Å². The van der Waals surface area contributed by atoms with Crippen LogP contribution in [-0.2, 0) is 5.54 Å². The minimum absolute atomic E-state index is 0.00705. The molecule has 2 aromatic carbocycles. The van der Waals surface area contributed by atoms with Gasteiger partial charge in [-0.05, 0) is 48.1 Å². The zero-order valence-corrected chi connectivity index (χ0v) is 18.1. The van der Waals surface area contributed by atoms with Crippen LogP contribution in [0.5, 0.6) is 0 Å². The van der Waals surface area contributed by atoms with E-state index in [0.29, 0.717) is 13.0 Å². The maximum atomic E-state index is 13.5. The first-order chi connectivity index (χ1) is 15.1. The van der Waals surface area contributed by atoms with Crippen molar-refractivity contribution < 1.29 is 9.90 Å². The Hall–Kier alpha value is -3.18. The van der Waals surface area contributed by atoms with E-state index in [1.54, 1.807) is 6.20 Å². The number of rotatable bonds is 6. The lowest BCUT2D eigenvalue weighted by Crippen LogP contribution is -2.59. The third-order valence-corrected chi connectivity index (χ3v) is 6.63. The molecule has 1 aromatic heterocycles. The molecule has 1 N–H and O–H groups in total. The van der Waals surface area contributed by atoms with Crippen molar-refractivity contribution in [3.8, 4) is 11.1 Å². The number of carbonyl (C=O) groups excluding carboxylic acids is 1. The van der Waals surface area contributed by atoms with E-state index >= 15 is 0 Å². The Kier molecular flexibility index (Phi) is 6.05. The highest BCUT2D eigenvalue weighted by Crippen LogP contribution is 2.40. The van der Waals surface area contributed by atoms with E-state index in [0.717, 1.165) is 28.7 Å². The van der Waals surface area contributed by atoms with Gasteiger partial charge in [0.15, 0.2) is 0 Å². The zero-order valence-electron chi connectivity index (χ0n) is 18.1. The van der Waals surface area contributed by atoms with Crippen molar-refractivity contribution >= 4 is 6.03 Å². The van der Waals surface area contributed by atoms with Gasteiger partial charge in [-0.3, -0.25) is 4.98 Å². The fourth-order valence-electron chi connectivity index (χ4n) is 4.68. The SMILES string of the molecule is CC(c1ccc(-c2cccnc2)cc1)N1CCC(CCO)(c2ccccc2)N(C)C1=O. The van der Waals surface area contributed by atoms with Gasteiger partial charge in [-0.1, -0.05) is 60.7 Å². The highest BCUT2D eigenvalue weighted by atomic mass is 16.3. The molecule has 31 heavy (non-hydrogen) atoms. The Morgan fingerprint density at radius 3 is 2.42 bits per heavy atom. The van der Waals surface area contributed by atoms with E-state index in [4.69, 9.17) is 0 Å². The number of carbonyl (C=O) groups is 1. The Morgan fingerprint density at radius 2 is 1.77 bits per heavy atom. The number of aromatic nitrogens is 1. The van der Waals surface area contributed by atoms with Crippen molar-refractivity contribution in [1.82, 2.24) is 14.8 Å². The van der Waals surface area contributed by atoms with Gasteiger partial charge < -0.3 is 14.9 Å². The van der Waals surface area contributed by atoms with Crippen molar-refractivity contribution in [2.75, 3.05) is 20.2 Å². The van der Waals surface area contributed by atoms with E-state index in [1.165, 1.54) is 0 Å². The Bertz CT molecular complexity index is 1010. The smallest absolute Gasteiger partial charge is 0.320 e. The maximum absolute atomic E-state index is 13.5. The molecule has 0 radical (unpaired) electrons. The summed E-state index contributed by atoms with van der Waals surface area (Å²) < 4.78 is 0. The van der Waals surface area contributed by atoms with Crippen molar-refractivity contribution in [2.45, 2.75) is 31.3 Å². The summed E-state index contributed by atoms with van der Waals surface area (Å²) in [6, 6.07) is 22.3. The van der Waals surface area contributed by atoms with E-state index in [-0.39, 0.29) is 18.7 Å². The number of hydrogen-bond acceptors (Lipinski definition) is 3. The number of nitrogens with zero attached hydrogens (tertiary/aromatic N) is 3. The molecule has 1 aliphatic heterocycles. The Morgan fingerprint density at radius 1 is 1.03 bits per heavy atom. The van der Waals surface area contributed by atoms with Crippen LogP contribution >= 0.6 is 0 Å². The molecule has 1 fully saturated rings. The second kappa shape index (κ2) is 8.90. The van der Waals surface area contributed by atoms with Crippen LogP contribution < -0.4 is 0 Å². The van der Waals surface area contributed by atoms with Crippen molar-refractivity contribution in [3.63, 3.8) is 0 Å². The number of hydrogen-bond donors (Lipinski definition) is 1. The van der Waals surface area contributed by atoms with Crippen LogP contribution in [-0.4, -0.2) is 46.1 Å². The third-order valence-electron chi connectivity index (χ3n) is 6.63. The first-order valence-corrected chi connectivity index (χ1v) is 10.8. The lowest BCUT2D eigenvalue weighted by molar-refractivity contribution is 0.0264. The summed E-state index contributed by atoms with van der Waals surface area (Å²) in [4.78, 5) is 21.4. The topological polar surface area (TPSA) is 56.7 Å². The van der Waals surface area contributed by atoms with Crippen LogP contribution in [0.1, 0.15) is 36.9 Å². The monoisotopic (exact) mass is 415 g/mol. The maximum Gasteiger partial charge on any atom is 0.320 e. The first-order valence-electron chi connectivity index (χ1n) is 10.8. The molecule has 1 aliphatic rings. The zero-order chi connectivity index (χ0) is 21.8. The minimum Gasteiger partial charge on any atom is -0.396 e. The second-order valence-electron chi connectivity index (χ2n) is 8.20. The number of benzene rings is 2. The summed E-state index contributed by atoms with van der Waals surface area (Å²) in [6.45, 7) is 2.76. The van der Waals surface area contributed by atoms with Crippen LogP contribution in [0.4, 0.5) is 4.79 Å². The summed E-state index contributed by atoms with van der Waals surface area (Å²) in [5.74, 6) is 0. The molecule has 2 amide bonds. The van der Waals surface area contributed by atoms with Crippen LogP contribution in [0.2, 0.25) is 0 Å². The average Bonchev–Trinajstić information content (AvgIpc) is 2.83. The summed E-state index contributed by atoms with van der Waals surface area (Å²) >= 11 is 0. The molecular weight excluding hydrogens is 386 g/mol. The summed E-state index contributed by atoms with van der Waals surface area (Å²) in [5, 5.41) is 9.77.